The van der Waals surface area contributed by atoms with Crippen LogP contribution in [0, 0.1) is 6.92 Å². The van der Waals surface area contributed by atoms with Gasteiger partial charge in [0, 0.05) is 23.5 Å². The fourth-order valence-electron chi connectivity index (χ4n) is 3.41. The van der Waals surface area contributed by atoms with Gasteiger partial charge in [-0.2, -0.15) is 0 Å². The van der Waals surface area contributed by atoms with E-state index >= 15 is 0 Å². The summed E-state index contributed by atoms with van der Waals surface area (Å²) in [5.74, 6) is 0. The largest absolute Gasteiger partial charge is 0.311 e. The van der Waals surface area contributed by atoms with E-state index in [0.29, 0.717) is 21.5 Å². The lowest BCUT2D eigenvalue weighted by Gasteiger charge is -2.13. The molecule has 0 atom stereocenters. The van der Waals surface area contributed by atoms with Gasteiger partial charge in [-0.15, -0.1) is 0 Å². The lowest BCUT2D eigenvalue weighted by Crippen LogP contribution is -2.16. The zero-order valence-corrected chi connectivity index (χ0v) is 17.5. The zero-order chi connectivity index (χ0) is 20.8. The van der Waals surface area contributed by atoms with E-state index in [1.165, 1.54) is 22.8 Å². The first kappa shape index (κ1) is 19.4. The van der Waals surface area contributed by atoms with Crippen molar-refractivity contribution in [1.29, 1.82) is 0 Å². The highest BCUT2D eigenvalue weighted by atomic mass is 35.5. The van der Waals surface area contributed by atoms with Crippen molar-refractivity contribution < 1.29 is 8.42 Å². The summed E-state index contributed by atoms with van der Waals surface area (Å²) in [6.45, 7) is 1.98. The van der Waals surface area contributed by atoms with Crippen molar-refractivity contribution >= 4 is 32.3 Å². The third kappa shape index (κ3) is 3.48. The fourth-order valence-corrected chi connectivity index (χ4v) is 4.82. The topological polar surface area (TPSA) is 56.1 Å². The molecule has 146 valence electrons. The average Bonchev–Trinajstić information content (AvgIpc) is 2.70. The molecule has 0 radical (unpaired) electrons. The minimum absolute atomic E-state index is 0.151. The van der Waals surface area contributed by atoms with Gasteiger partial charge in [-0.25, -0.2) is 8.42 Å². The zero-order valence-electron chi connectivity index (χ0n) is 15.9. The Morgan fingerprint density at radius 1 is 0.862 bits per heavy atom. The maximum absolute atomic E-state index is 13.1. The summed E-state index contributed by atoms with van der Waals surface area (Å²) in [7, 11) is -2.04. The summed E-state index contributed by atoms with van der Waals surface area (Å²) in [5.41, 5.74) is 3.15. The van der Waals surface area contributed by atoms with Crippen LogP contribution in [-0.4, -0.2) is 13.0 Å². The van der Waals surface area contributed by atoms with Crippen molar-refractivity contribution in [1.82, 2.24) is 4.57 Å². The average molecular weight is 424 g/mol. The van der Waals surface area contributed by atoms with E-state index in [4.69, 9.17) is 11.6 Å². The van der Waals surface area contributed by atoms with Gasteiger partial charge in [0.15, 0.2) is 0 Å². The lowest BCUT2D eigenvalue weighted by atomic mass is 9.99. The van der Waals surface area contributed by atoms with Crippen LogP contribution in [0.15, 0.2) is 87.4 Å². The molecule has 0 N–H and O–H groups in total. The van der Waals surface area contributed by atoms with Gasteiger partial charge in [0.05, 0.1) is 15.3 Å². The Morgan fingerprint density at radius 3 is 2.24 bits per heavy atom. The Labute approximate surface area is 173 Å². The number of hydrogen-bond donors (Lipinski definition) is 0. The van der Waals surface area contributed by atoms with Crippen LogP contribution in [0.25, 0.3) is 22.0 Å². The number of nitrogens with zero attached hydrogens (tertiary/aromatic N) is 1. The second kappa shape index (κ2) is 7.17. The third-order valence-corrected chi connectivity index (χ3v) is 7.00. The first-order valence-electron chi connectivity index (χ1n) is 8.99. The normalized spacial score (nSPS) is 11.7. The van der Waals surface area contributed by atoms with Crippen LogP contribution < -0.4 is 5.56 Å². The molecule has 4 rings (SSSR count). The molecule has 0 amide bonds. The molecule has 0 aliphatic rings. The molecule has 6 heteroatoms. The molecular weight excluding hydrogens is 406 g/mol. The van der Waals surface area contributed by atoms with Crippen LogP contribution in [0.2, 0.25) is 5.02 Å². The molecule has 4 aromatic rings. The Bertz CT molecular complexity index is 1400. The highest BCUT2D eigenvalue weighted by molar-refractivity contribution is 7.91. The van der Waals surface area contributed by atoms with E-state index in [1.807, 2.05) is 31.2 Å². The second-order valence-electron chi connectivity index (χ2n) is 6.96. The van der Waals surface area contributed by atoms with E-state index in [9.17, 15) is 13.2 Å². The van der Waals surface area contributed by atoms with Gasteiger partial charge in [0.1, 0.15) is 0 Å². The summed E-state index contributed by atoms with van der Waals surface area (Å²) in [4.78, 5) is 12.8. The SMILES string of the molecule is Cc1cccc(-c2cc(=O)n(C)c3ccc(S(=O)(=O)c4ccc(Cl)cc4)cc23)c1. The maximum atomic E-state index is 13.1. The van der Waals surface area contributed by atoms with Crippen LogP contribution in [0.3, 0.4) is 0 Å². The standard InChI is InChI=1S/C23H18ClNO3S/c1-15-4-3-5-16(12-15)20-14-23(26)25(2)22-11-10-19(13-21(20)22)29(27,28)18-8-6-17(24)7-9-18/h3-14H,1-2H3. The van der Waals surface area contributed by atoms with Crippen LogP contribution in [0.5, 0.6) is 0 Å². The van der Waals surface area contributed by atoms with Crippen molar-refractivity contribution in [3.63, 3.8) is 0 Å². The lowest BCUT2D eigenvalue weighted by molar-refractivity contribution is 0.596. The molecule has 0 aliphatic carbocycles. The van der Waals surface area contributed by atoms with Crippen molar-refractivity contribution in [2.75, 3.05) is 0 Å². The van der Waals surface area contributed by atoms with Gasteiger partial charge in [-0.1, -0.05) is 41.4 Å². The van der Waals surface area contributed by atoms with Crippen molar-refractivity contribution in [2.45, 2.75) is 16.7 Å². The Morgan fingerprint density at radius 2 is 1.55 bits per heavy atom. The predicted octanol–water partition coefficient (Wildman–Crippen LogP) is 5.00. The summed E-state index contributed by atoms with van der Waals surface area (Å²) < 4.78 is 27.8. The van der Waals surface area contributed by atoms with Gasteiger partial charge >= 0.3 is 0 Å². The molecule has 0 unspecified atom stereocenters. The highest BCUT2D eigenvalue weighted by Gasteiger charge is 2.19. The van der Waals surface area contributed by atoms with Gasteiger partial charge < -0.3 is 4.57 Å². The number of sulfone groups is 1. The number of fused-ring (bicyclic) bond motifs is 1. The quantitative estimate of drug-likeness (QED) is 0.466. The minimum atomic E-state index is -3.72. The molecule has 0 fully saturated rings. The van der Waals surface area contributed by atoms with E-state index in [2.05, 4.69) is 0 Å². The predicted molar refractivity (Wildman–Crippen MR) is 116 cm³/mol. The van der Waals surface area contributed by atoms with Gasteiger partial charge in [-0.05, 0) is 60.5 Å². The van der Waals surface area contributed by atoms with Gasteiger partial charge in [-0.3, -0.25) is 4.79 Å². The van der Waals surface area contributed by atoms with E-state index in [0.717, 1.165) is 11.1 Å². The van der Waals surface area contributed by atoms with Crippen molar-refractivity contribution in [2.24, 2.45) is 7.05 Å². The molecule has 3 aromatic carbocycles. The van der Waals surface area contributed by atoms with Crippen LogP contribution in [-0.2, 0) is 16.9 Å². The van der Waals surface area contributed by atoms with Gasteiger partial charge in [0.2, 0.25) is 9.84 Å². The molecular formula is C23H18ClNO3S. The Balaban J connectivity index is 2.00. The molecule has 1 heterocycles. The van der Waals surface area contributed by atoms with Crippen LogP contribution in [0.4, 0.5) is 0 Å². The molecule has 0 bridgehead atoms. The number of rotatable bonds is 3. The molecule has 0 aliphatic heterocycles. The smallest absolute Gasteiger partial charge is 0.251 e. The molecule has 29 heavy (non-hydrogen) atoms. The summed E-state index contributed by atoms with van der Waals surface area (Å²) >= 11 is 5.89. The number of aromatic nitrogens is 1. The molecule has 0 saturated heterocycles. The number of halogens is 1. The van der Waals surface area contributed by atoms with Crippen molar-refractivity contribution in [3.8, 4) is 11.1 Å². The monoisotopic (exact) mass is 423 g/mol. The molecule has 1 aromatic heterocycles. The van der Waals surface area contributed by atoms with Crippen LogP contribution in [0.1, 0.15) is 5.56 Å². The van der Waals surface area contributed by atoms with E-state index < -0.39 is 9.84 Å². The molecule has 4 nitrogen and oxygen atoms in total. The first-order valence-corrected chi connectivity index (χ1v) is 10.8. The fraction of sp³-hybridized carbons (Fsp3) is 0.0870. The second-order valence-corrected chi connectivity index (χ2v) is 9.35. The molecule has 0 saturated carbocycles. The summed E-state index contributed by atoms with van der Waals surface area (Å²) in [5, 5.41) is 1.17. The minimum Gasteiger partial charge on any atom is -0.311 e. The summed E-state index contributed by atoms with van der Waals surface area (Å²) in [6.07, 6.45) is 0. The first-order chi connectivity index (χ1) is 13.8. The van der Waals surface area contributed by atoms with E-state index in [-0.39, 0.29) is 15.4 Å². The maximum Gasteiger partial charge on any atom is 0.251 e. The van der Waals surface area contributed by atoms with Gasteiger partial charge in [0.25, 0.3) is 5.56 Å². The summed E-state index contributed by atoms with van der Waals surface area (Å²) in [6, 6.07) is 20.3. The van der Waals surface area contributed by atoms with E-state index in [1.54, 1.807) is 37.4 Å². The van der Waals surface area contributed by atoms with Crippen LogP contribution >= 0.6 is 11.6 Å². The third-order valence-electron chi connectivity index (χ3n) is 4.98. The number of hydrogen-bond acceptors (Lipinski definition) is 3. The number of aryl methyl sites for hydroxylation is 2. The number of benzene rings is 3. The molecule has 0 spiro atoms. The Hall–Kier alpha value is -2.89. The Kier molecular flexibility index (Phi) is 4.81. The number of pyridine rings is 1. The highest BCUT2D eigenvalue weighted by Crippen LogP contribution is 2.31. The van der Waals surface area contributed by atoms with Crippen molar-refractivity contribution in [3.05, 3.63) is 93.7 Å².